The van der Waals surface area contributed by atoms with Crippen LogP contribution in [0.25, 0.3) is 0 Å². The third kappa shape index (κ3) is 3.50. The zero-order valence-electron chi connectivity index (χ0n) is 12.9. The van der Waals surface area contributed by atoms with Gasteiger partial charge in [-0.25, -0.2) is 4.98 Å². The fourth-order valence-electron chi connectivity index (χ4n) is 2.94. The number of nitrogens with two attached hydrogens (primary N) is 1. The molecule has 2 saturated carbocycles. The first-order chi connectivity index (χ1) is 10.5. The van der Waals surface area contributed by atoms with E-state index in [2.05, 4.69) is 22.5 Å². The number of aromatic nitrogens is 1. The van der Waals surface area contributed by atoms with E-state index in [4.69, 9.17) is 5.73 Å². The molecule has 2 aliphatic carbocycles. The normalized spacial score (nSPS) is 28.2. The molecule has 2 fully saturated rings. The van der Waals surface area contributed by atoms with Crippen LogP contribution in [-0.2, 0) is 0 Å². The maximum Gasteiger partial charge on any atom is 0.252 e. The molecule has 1 heterocycles. The highest BCUT2D eigenvalue weighted by Gasteiger charge is 2.27. The quantitative estimate of drug-likeness (QED) is 0.663. The van der Waals surface area contributed by atoms with E-state index in [9.17, 15) is 9.90 Å². The van der Waals surface area contributed by atoms with Gasteiger partial charge in [0.2, 0.25) is 0 Å². The number of rotatable bonds is 5. The monoisotopic (exact) mass is 304 g/mol. The van der Waals surface area contributed by atoms with Gasteiger partial charge in [-0.05, 0) is 38.0 Å². The summed E-state index contributed by atoms with van der Waals surface area (Å²) in [7, 11) is 0. The number of primary amides is 1. The smallest absolute Gasteiger partial charge is 0.252 e. The molecule has 1 amide bonds. The fourth-order valence-corrected chi connectivity index (χ4v) is 2.94. The standard InChI is InChI=1S/C16H24N4O2/c1-9-2-3-11(6-14(9)21)19-13-7-15(20-10-4-5-10)18-8-12(13)16(17)22/h7-11,14,21H,2-6H2,1H3,(H2,17,22)(H2,18,19,20)/t9-,11-,14-/m1/s1. The third-order valence-electron chi connectivity index (χ3n) is 4.61. The highest BCUT2D eigenvalue weighted by Crippen LogP contribution is 2.30. The molecule has 3 rings (SSSR count). The van der Waals surface area contributed by atoms with Crippen LogP contribution in [0.1, 0.15) is 49.4 Å². The van der Waals surface area contributed by atoms with E-state index < -0.39 is 5.91 Å². The van der Waals surface area contributed by atoms with Crippen LogP contribution in [0.5, 0.6) is 0 Å². The molecule has 0 spiro atoms. The highest BCUT2D eigenvalue weighted by atomic mass is 16.3. The Morgan fingerprint density at radius 2 is 2.00 bits per heavy atom. The van der Waals surface area contributed by atoms with Gasteiger partial charge in [-0.15, -0.1) is 0 Å². The Hall–Kier alpha value is -1.82. The second kappa shape index (κ2) is 6.12. The van der Waals surface area contributed by atoms with Gasteiger partial charge >= 0.3 is 0 Å². The average molecular weight is 304 g/mol. The van der Waals surface area contributed by atoms with Gasteiger partial charge in [0.05, 0.1) is 17.4 Å². The lowest BCUT2D eigenvalue weighted by molar-refractivity contribution is 0.0740. The molecule has 6 nitrogen and oxygen atoms in total. The molecule has 0 saturated heterocycles. The zero-order valence-corrected chi connectivity index (χ0v) is 12.9. The Labute approximate surface area is 130 Å². The summed E-state index contributed by atoms with van der Waals surface area (Å²) in [5.41, 5.74) is 6.55. The number of anilines is 2. The van der Waals surface area contributed by atoms with Crippen LogP contribution in [0.3, 0.4) is 0 Å². The second-order valence-corrected chi connectivity index (χ2v) is 6.60. The summed E-state index contributed by atoms with van der Waals surface area (Å²) in [6, 6.07) is 2.50. The first-order valence-corrected chi connectivity index (χ1v) is 8.04. The number of nitrogens with zero attached hydrogens (tertiary/aromatic N) is 1. The molecule has 0 unspecified atom stereocenters. The molecule has 0 aromatic carbocycles. The van der Waals surface area contributed by atoms with Crippen LogP contribution in [0, 0.1) is 5.92 Å². The van der Waals surface area contributed by atoms with Crippen LogP contribution in [0.15, 0.2) is 12.3 Å². The Morgan fingerprint density at radius 3 is 2.64 bits per heavy atom. The largest absolute Gasteiger partial charge is 0.393 e. The van der Waals surface area contributed by atoms with Gasteiger partial charge in [-0.1, -0.05) is 6.92 Å². The summed E-state index contributed by atoms with van der Waals surface area (Å²) in [5.74, 6) is 0.607. The molecule has 5 N–H and O–H groups in total. The van der Waals surface area contributed by atoms with Crippen molar-refractivity contribution in [1.82, 2.24) is 4.98 Å². The van der Waals surface area contributed by atoms with Crippen molar-refractivity contribution in [2.45, 2.75) is 57.2 Å². The lowest BCUT2D eigenvalue weighted by Crippen LogP contribution is -2.35. The van der Waals surface area contributed by atoms with Crippen LogP contribution in [0.4, 0.5) is 11.5 Å². The minimum Gasteiger partial charge on any atom is -0.393 e. The molecule has 120 valence electrons. The van der Waals surface area contributed by atoms with E-state index in [0.29, 0.717) is 29.6 Å². The van der Waals surface area contributed by atoms with Crippen molar-refractivity contribution in [3.05, 3.63) is 17.8 Å². The molecule has 2 aliphatic rings. The number of carbonyl (C=O) groups excluding carboxylic acids is 1. The van der Waals surface area contributed by atoms with Gasteiger partial charge in [0.1, 0.15) is 5.82 Å². The van der Waals surface area contributed by atoms with Gasteiger partial charge < -0.3 is 21.5 Å². The predicted molar refractivity (Wildman–Crippen MR) is 85.8 cm³/mol. The van der Waals surface area contributed by atoms with Gasteiger partial charge in [-0.3, -0.25) is 4.79 Å². The summed E-state index contributed by atoms with van der Waals surface area (Å²) in [4.78, 5) is 15.9. The summed E-state index contributed by atoms with van der Waals surface area (Å²) < 4.78 is 0. The molecule has 3 atom stereocenters. The maximum atomic E-state index is 11.6. The molecule has 0 bridgehead atoms. The predicted octanol–water partition coefficient (Wildman–Crippen LogP) is 1.72. The van der Waals surface area contributed by atoms with E-state index in [-0.39, 0.29) is 12.1 Å². The number of amides is 1. The Kier molecular flexibility index (Phi) is 4.20. The number of carbonyl (C=O) groups is 1. The van der Waals surface area contributed by atoms with Gasteiger partial charge in [-0.2, -0.15) is 0 Å². The van der Waals surface area contributed by atoms with E-state index in [1.807, 2.05) is 6.07 Å². The third-order valence-corrected chi connectivity index (χ3v) is 4.61. The maximum absolute atomic E-state index is 11.6. The first-order valence-electron chi connectivity index (χ1n) is 8.04. The van der Waals surface area contributed by atoms with Crippen molar-refractivity contribution in [3.63, 3.8) is 0 Å². The van der Waals surface area contributed by atoms with Crippen LogP contribution in [-0.4, -0.2) is 34.2 Å². The van der Waals surface area contributed by atoms with Crippen molar-refractivity contribution in [2.24, 2.45) is 11.7 Å². The van der Waals surface area contributed by atoms with Gasteiger partial charge in [0, 0.05) is 24.3 Å². The van der Waals surface area contributed by atoms with Gasteiger partial charge in [0.25, 0.3) is 5.91 Å². The van der Waals surface area contributed by atoms with E-state index in [1.54, 1.807) is 0 Å². The Balaban J connectivity index is 1.75. The SMILES string of the molecule is C[C@@H]1CC[C@@H](Nc2cc(NC3CC3)ncc2C(N)=O)C[C@H]1O. The summed E-state index contributed by atoms with van der Waals surface area (Å²) in [6.45, 7) is 2.07. The minimum absolute atomic E-state index is 0.153. The second-order valence-electron chi connectivity index (χ2n) is 6.60. The lowest BCUT2D eigenvalue weighted by Gasteiger charge is -2.32. The fraction of sp³-hybridized carbons (Fsp3) is 0.625. The summed E-state index contributed by atoms with van der Waals surface area (Å²) in [5, 5.41) is 16.7. The molecule has 6 heteroatoms. The van der Waals surface area contributed by atoms with E-state index in [0.717, 1.165) is 31.5 Å². The number of nitrogens with one attached hydrogen (secondary N) is 2. The number of pyridine rings is 1. The number of aliphatic hydroxyl groups is 1. The lowest BCUT2D eigenvalue weighted by atomic mass is 9.84. The molecule has 22 heavy (non-hydrogen) atoms. The van der Waals surface area contributed by atoms with E-state index >= 15 is 0 Å². The minimum atomic E-state index is -0.488. The topological polar surface area (TPSA) is 100 Å². The van der Waals surface area contributed by atoms with Crippen molar-refractivity contribution in [1.29, 1.82) is 0 Å². The number of hydrogen-bond acceptors (Lipinski definition) is 5. The zero-order chi connectivity index (χ0) is 15.7. The van der Waals surface area contributed by atoms with E-state index in [1.165, 1.54) is 6.20 Å². The molecule has 0 aliphatic heterocycles. The van der Waals surface area contributed by atoms with Gasteiger partial charge in [0.15, 0.2) is 0 Å². The van der Waals surface area contributed by atoms with Crippen LogP contribution >= 0.6 is 0 Å². The first kappa shape index (κ1) is 15.1. The van der Waals surface area contributed by atoms with Crippen molar-refractivity contribution >= 4 is 17.4 Å². The molecule has 1 aromatic heterocycles. The van der Waals surface area contributed by atoms with Crippen LogP contribution < -0.4 is 16.4 Å². The van der Waals surface area contributed by atoms with Crippen molar-refractivity contribution < 1.29 is 9.90 Å². The Morgan fingerprint density at radius 1 is 1.27 bits per heavy atom. The highest BCUT2D eigenvalue weighted by molar-refractivity contribution is 5.98. The van der Waals surface area contributed by atoms with Crippen LogP contribution in [0.2, 0.25) is 0 Å². The summed E-state index contributed by atoms with van der Waals surface area (Å²) >= 11 is 0. The Bertz CT molecular complexity index is 559. The van der Waals surface area contributed by atoms with Crippen molar-refractivity contribution in [2.75, 3.05) is 10.6 Å². The molecule has 1 aromatic rings. The number of hydrogen-bond donors (Lipinski definition) is 4. The number of aliphatic hydroxyl groups excluding tert-OH is 1. The molecule has 0 radical (unpaired) electrons. The van der Waals surface area contributed by atoms with Crippen molar-refractivity contribution in [3.8, 4) is 0 Å². The average Bonchev–Trinajstić information content (AvgIpc) is 3.27. The molecular weight excluding hydrogens is 280 g/mol. The molecular formula is C16H24N4O2. The summed E-state index contributed by atoms with van der Waals surface area (Å²) in [6.07, 6.45) is 6.19.